The fraction of sp³-hybridized carbons (Fsp3) is 0.462. The summed E-state index contributed by atoms with van der Waals surface area (Å²) in [6.07, 6.45) is -0.459. The van der Waals surface area contributed by atoms with Crippen LogP contribution in [0.3, 0.4) is 0 Å². The van der Waals surface area contributed by atoms with Crippen molar-refractivity contribution in [2.24, 2.45) is 11.1 Å². The lowest BCUT2D eigenvalue weighted by molar-refractivity contribution is -0.156. The van der Waals surface area contributed by atoms with Gasteiger partial charge in [-0.1, -0.05) is 32.0 Å². The second kappa shape index (κ2) is 14.4. The fourth-order valence-corrected chi connectivity index (χ4v) is 4.25. The van der Waals surface area contributed by atoms with Crippen molar-refractivity contribution in [1.29, 1.82) is 0 Å². The molecule has 12 heteroatoms. The molecule has 0 saturated heterocycles. The zero-order valence-corrected chi connectivity index (χ0v) is 23.2. The van der Waals surface area contributed by atoms with E-state index >= 15 is 0 Å². The molecule has 0 aromatic heterocycles. The topological polar surface area (TPSA) is 144 Å². The number of methoxy groups -OCH3 is 1. The minimum Gasteiger partial charge on any atom is -0.495 e. The molecule has 2 N–H and O–H groups in total. The lowest BCUT2D eigenvalue weighted by atomic mass is 10.1. The number of sulfonamides is 1. The molecule has 1 amide bonds. The predicted octanol–water partition coefficient (Wildman–Crippen LogP) is 3.35. The van der Waals surface area contributed by atoms with E-state index in [1.807, 2.05) is 19.1 Å². The molecule has 0 aliphatic rings. The van der Waals surface area contributed by atoms with E-state index in [9.17, 15) is 18.0 Å². The van der Waals surface area contributed by atoms with Gasteiger partial charge in [0, 0.05) is 6.04 Å². The molecule has 2 rings (SSSR count). The van der Waals surface area contributed by atoms with E-state index in [-0.39, 0.29) is 36.1 Å². The van der Waals surface area contributed by atoms with Crippen LogP contribution in [0, 0.1) is 5.92 Å². The lowest BCUT2D eigenvalue weighted by Crippen LogP contribution is -2.43. The Kier molecular flexibility index (Phi) is 11.7. The van der Waals surface area contributed by atoms with Gasteiger partial charge >= 0.3 is 12.1 Å². The highest BCUT2D eigenvalue weighted by atomic mass is 32.2. The number of primary sulfonamides is 1. The van der Waals surface area contributed by atoms with E-state index in [4.69, 9.17) is 28.8 Å². The van der Waals surface area contributed by atoms with Crippen LogP contribution < -0.4 is 19.3 Å². The van der Waals surface area contributed by atoms with Crippen molar-refractivity contribution < 1.29 is 41.7 Å². The molecule has 0 radical (unpaired) electrons. The zero-order valence-electron chi connectivity index (χ0n) is 22.3. The maximum atomic E-state index is 13.0. The van der Waals surface area contributed by atoms with Crippen LogP contribution in [0.15, 0.2) is 47.4 Å². The second-order valence-corrected chi connectivity index (χ2v) is 10.2. The van der Waals surface area contributed by atoms with E-state index in [0.717, 1.165) is 0 Å². The van der Waals surface area contributed by atoms with Crippen molar-refractivity contribution in [3.63, 3.8) is 0 Å². The number of nitrogens with zero attached hydrogens (tertiary/aromatic N) is 1. The summed E-state index contributed by atoms with van der Waals surface area (Å²) in [6.45, 7) is 7.13. The number of para-hydroxylation sites is 2. The van der Waals surface area contributed by atoms with E-state index < -0.39 is 34.9 Å². The molecule has 210 valence electrons. The van der Waals surface area contributed by atoms with E-state index in [1.165, 1.54) is 24.1 Å². The number of hydrogen-bond acceptors (Lipinski definition) is 9. The van der Waals surface area contributed by atoms with Crippen LogP contribution in [0.4, 0.5) is 4.79 Å². The molecule has 38 heavy (non-hydrogen) atoms. The molecule has 0 heterocycles. The van der Waals surface area contributed by atoms with Gasteiger partial charge in [0.05, 0.1) is 26.2 Å². The number of amides is 1. The fourth-order valence-electron chi connectivity index (χ4n) is 3.50. The Hall–Kier alpha value is -3.51. The Bertz CT molecular complexity index is 1180. The van der Waals surface area contributed by atoms with Gasteiger partial charge in [-0.25, -0.2) is 18.4 Å². The van der Waals surface area contributed by atoms with Crippen LogP contribution in [0.2, 0.25) is 0 Å². The van der Waals surface area contributed by atoms with Crippen LogP contribution in [0.1, 0.15) is 33.3 Å². The molecule has 1 atom stereocenters. The minimum atomic E-state index is -4.03. The quantitative estimate of drug-likeness (QED) is 0.276. The Balaban J connectivity index is 2.18. The summed E-state index contributed by atoms with van der Waals surface area (Å²) in [6, 6.07) is 11.3. The number of benzene rings is 2. The maximum Gasteiger partial charge on any atom is 0.413 e. The SMILES string of the molecule is CCOc1ccccc1OCCN(C(=O)OCOC(=O)C(C)C)[C@H](C)Cc1ccc(OC)c(S(N)(=O)=O)c1. The lowest BCUT2D eigenvalue weighted by Gasteiger charge is -2.29. The first-order chi connectivity index (χ1) is 18.0. The smallest absolute Gasteiger partial charge is 0.413 e. The van der Waals surface area contributed by atoms with Crippen molar-refractivity contribution in [3.05, 3.63) is 48.0 Å². The third kappa shape index (κ3) is 9.10. The van der Waals surface area contributed by atoms with Crippen molar-refractivity contribution in [3.8, 4) is 17.2 Å². The average molecular weight is 553 g/mol. The average Bonchev–Trinajstić information content (AvgIpc) is 2.86. The van der Waals surface area contributed by atoms with Crippen LogP contribution in [0.5, 0.6) is 17.2 Å². The largest absolute Gasteiger partial charge is 0.495 e. The predicted molar refractivity (Wildman–Crippen MR) is 140 cm³/mol. The van der Waals surface area contributed by atoms with Crippen molar-refractivity contribution in [1.82, 2.24) is 4.90 Å². The van der Waals surface area contributed by atoms with Gasteiger partial charge in [-0.15, -0.1) is 0 Å². The van der Waals surface area contributed by atoms with Crippen LogP contribution in [-0.4, -0.2) is 65.1 Å². The molecule has 11 nitrogen and oxygen atoms in total. The summed E-state index contributed by atoms with van der Waals surface area (Å²) in [4.78, 5) is 25.9. The third-order valence-electron chi connectivity index (χ3n) is 5.43. The molecule has 0 unspecified atom stereocenters. The van der Waals surface area contributed by atoms with Gasteiger partial charge in [0.2, 0.25) is 16.8 Å². The third-order valence-corrected chi connectivity index (χ3v) is 6.36. The van der Waals surface area contributed by atoms with Gasteiger partial charge < -0.3 is 28.6 Å². The Morgan fingerprint density at radius 2 is 1.63 bits per heavy atom. The van der Waals surface area contributed by atoms with Gasteiger partial charge in [-0.3, -0.25) is 4.79 Å². The summed E-state index contributed by atoms with van der Waals surface area (Å²) >= 11 is 0. The monoisotopic (exact) mass is 552 g/mol. The number of rotatable bonds is 14. The van der Waals surface area contributed by atoms with Gasteiger partial charge in [-0.2, -0.15) is 0 Å². The van der Waals surface area contributed by atoms with E-state index in [2.05, 4.69) is 0 Å². The molecule has 2 aromatic rings. The zero-order chi connectivity index (χ0) is 28.3. The second-order valence-electron chi connectivity index (χ2n) is 8.65. The summed E-state index contributed by atoms with van der Waals surface area (Å²) in [5.41, 5.74) is 0.606. The van der Waals surface area contributed by atoms with Crippen LogP contribution in [0.25, 0.3) is 0 Å². The number of ether oxygens (including phenoxy) is 5. The van der Waals surface area contributed by atoms with E-state index in [1.54, 1.807) is 39.0 Å². The molecular formula is C26H36N2O9S. The molecule has 0 bridgehead atoms. The van der Waals surface area contributed by atoms with Crippen molar-refractivity contribution in [2.45, 2.75) is 45.1 Å². The molecular weight excluding hydrogens is 516 g/mol. The normalized spacial score (nSPS) is 12.0. The number of carbonyl (C=O) groups excluding carboxylic acids is 2. The van der Waals surface area contributed by atoms with Gasteiger partial charge in [0.25, 0.3) is 0 Å². The molecule has 0 spiro atoms. The Morgan fingerprint density at radius 3 is 2.21 bits per heavy atom. The van der Waals surface area contributed by atoms with E-state index in [0.29, 0.717) is 23.7 Å². The first-order valence-corrected chi connectivity index (χ1v) is 13.7. The Labute approximate surface area is 223 Å². The maximum absolute atomic E-state index is 13.0. The minimum absolute atomic E-state index is 0.111. The van der Waals surface area contributed by atoms with Crippen molar-refractivity contribution in [2.75, 3.05) is 33.7 Å². The first kappa shape index (κ1) is 30.7. The van der Waals surface area contributed by atoms with Crippen molar-refractivity contribution >= 4 is 22.1 Å². The van der Waals surface area contributed by atoms with Gasteiger partial charge in [-0.05, 0) is 50.1 Å². The highest BCUT2D eigenvalue weighted by Gasteiger charge is 2.24. The highest BCUT2D eigenvalue weighted by Crippen LogP contribution is 2.27. The summed E-state index contributed by atoms with van der Waals surface area (Å²) in [7, 11) is -2.68. The number of carbonyl (C=O) groups is 2. The molecule has 0 aliphatic carbocycles. The number of esters is 1. The Morgan fingerprint density at radius 1 is 0.974 bits per heavy atom. The van der Waals surface area contributed by atoms with Gasteiger partial charge in [0.15, 0.2) is 11.5 Å². The molecule has 0 saturated carbocycles. The van der Waals surface area contributed by atoms with Crippen LogP contribution >= 0.6 is 0 Å². The first-order valence-electron chi connectivity index (χ1n) is 12.1. The summed E-state index contributed by atoms with van der Waals surface area (Å²) < 4.78 is 50.7. The standard InChI is InChI=1S/C26H36N2O9S/c1-6-34-21-9-7-8-10-22(21)35-14-13-28(26(30)37-17-36-25(29)18(2)3)19(4)15-20-11-12-23(33-5)24(16-20)38(27,31)32/h7-12,16,18-19H,6,13-15,17H2,1-5H3,(H2,27,31,32)/t19-/m1/s1. The molecule has 0 fully saturated rings. The summed E-state index contributed by atoms with van der Waals surface area (Å²) in [5, 5.41) is 5.34. The highest BCUT2D eigenvalue weighted by molar-refractivity contribution is 7.89. The number of nitrogens with two attached hydrogens (primary N) is 1. The van der Waals surface area contributed by atoms with Gasteiger partial charge in [0.1, 0.15) is 17.3 Å². The van der Waals surface area contributed by atoms with Crippen LogP contribution in [-0.2, 0) is 30.7 Å². The molecule has 0 aliphatic heterocycles. The number of hydrogen-bond donors (Lipinski definition) is 1. The summed E-state index contributed by atoms with van der Waals surface area (Å²) in [5.74, 6) is 0.349. The molecule has 2 aromatic carbocycles.